The van der Waals surface area contributed by atoms with Crippen molar-refractivity contribution in [3.63, 3.8) is 0 Å². The van der Waals surface area contributed by atoms with Crippen LogP contribution in [0.1, 0.15) is 5.56 Å². The van der Waals surface area contributed by atoms with Crippen LogP contribution in [0.5, 0.6) is 0 Å². The maximum Gasteiger partial charge on any atom is 0.453 e. The van der Waals surface area contributed by atoms with Crippen molar-refractivity contribution in [2.75, 3.05) is 0 Å². The molecule has 2 aromatic heterocycles. The Kier molecular flexibility index (Phi) is 3.03. The van der Waals surface area contributed by atoms with Crippen molar-refractivity contribution in [3.8, 4) is 0 Å². The van der Waals surface area contributed by atoms with Crippen LogP contribution >= 0.6 is 0 Å². The van der Waals surface area contributed by atoms with E-state index in [4.69, 9.17) is 0 Å². The Balaban J connectivity index is 2.47. The van der Waals surface area contributed by atoms with Crippen molar-refractivity contribution in [1.29, 1.82) is 0 Å². The molecule has 0 fully saturated rings. The molecule has 0 atom stereocenters. The third-order valence-corrected chi connectivity index (χ3v) is 2.55. The molecule has 0 unspecified atom stereocenters. The van der Waals surface area contributed by atoms with Gasteiger partial charge in [0.05, 0.1) is 18.1 Å². The van der Waals surface area contributed by atoms with Crippen LogP contribution in [0, 0.1) is 0 Å². The zero-order chi connectivity index (χ0) is 14.3. The second-order valence-electron chi connectivity index (χ2n) is 3.97. The topological polar surface area (TPSA) is 45.8 Å². The van der Waals surface area contributed by atoms with Gasteiger partial charge < -0.3 is 4.98 Å². The number of H-pyrrole nitrogens is 1. The van der Waals surface area contributed by atoms with Gasteiger partial charge in [-0.15, -0.1) is 0 Å². The molecule has 0 saturated carbocycles. The molecule has 0 bridgehead atoms. The minimum atomic E-state index is -5.69. The van der Waals surface area contributed by atoms with Gasteiger partial charge in [0.15, 0.2) is 0 Å². The van der Waals surface area contributed by atoms with Crippen molar-refractivity contribution in [3.05, 3.63) is 40.4 Å². The van der Waals surface area contributed by atoms with Crippen molar-refractivity contribution >= 4 is 10.9 Å². The molecule has 8 heteroatoms. The SMILES string of the molecule is O=c1[nH]c2cnccc2cc1CC(F)(F)C(F)(F)F. The summed E-state index contributed by atoms with van der Waals surface area (Å²) < 4.78 is 62.1. The maximum atomic E-state index is 12.9. The first kappa shape index (κ1) is 13.4. The molecule has 2 rings (SSSR count). The average molecular weight is 278 g/mol. The molecule has 0 saturated heterocycles. The molecule has 0 spiro atoms. The van der Waals surface area contributed by atoms with Crippen LogP contribution in [0.15, 0.2) is 29.3 Å². The number of rotatable bonds is 2. The predicted molar refractivity (Wildman–Crippen MR) is 57.1 cm³/mol. The van der Waals surface area contributed by atoms with E-state index in [1.807, 2.05) is 0 Å². The normalized spacial score (nSPS) is 12.9. The van der Waals surface area contributed by atoms with Crippen LogP contribution in [0.4, 0.5) is 22.0 Å². The summed E-state index contributed by atoms with van der Waals surface area (Å²) in [5.41, 5.74) is -1.34. The van der Waals surface area contributed by atoms with Crippen molar-refractivity contribution in [2.24, 2.45) is 0 Å². The Morgan fingerprint density at radius 2 is 1.89 bits per heavy atom. The fraction of sp³-hybridized carbons (Fsp3) is 0.273. The Morgan fingerprint density at radius 1 is 1.21 bits per heavy atom. The predicted octanol–water partition coefficient (Wildman–Crippen LogP) is 2.66. The lowest BCUT2D eigenvalue weighted by molar-refractivity contribution is -0.281. The van der Waals surface area contributed by atoms with Gasteiger partial charge in [-0.3, -0.25) is 9.78 Å². The highest BCUT2D eigenvalue weighted by Crippen LogP contribution is 2.37. The monoisotopic (exact) mass is 278 g/mol. The largest absolute Gasteiger partial charge is 0.453 e. The fourth-order valence-electron chi connectivity index (χ4n) is 1.56. The number of halogens is 5. The van der Waals surface area contributed by atoms with Crippen LogP contribution in [0.3, 0.4) is 0 Å². The summed E-state index contributed by atoms with van der Waals surface area (Å²) in [5, 5.41) is 0.336. The Morgan fingerprint density at radius 3 is 2.53 bits per heavy atom. The van der Waals surface area contributed by atoms with E-state index >= 15 is 0 Å². The van der Waals surface area contributed by atoms with Gasteiger partial charge in [-0.2, -0.15) is 22.0 Å². The van der Waals surface area contributed by atoms with Gasteiger partial charge in [0, 0.05) is 17.1 Å². The van der Waals surface area contributed by atoms with Gasteiger partial charge in [-0.05, 0) is 12.1 Å². The maximum absolute atomic E-state index is 12.9. The zero-order valence-corrected chi connectivity index (χ0v) is 9.26. The summed E-state index contributed by atoms with van der Waals surface area (Å²) in [6.45, 7) is 0. The molecular formula is C11H7F5N2O. The molecule has 1 N–H and O–H groups in total. The van der Waals surface area contributed by atoms with Crippen LogP contribution < -0.4 is 5.56 Å². The molecular weight excluding hydrogens is 271 g/mol. The third-order valence-electron chi connectivity index (χ3n) is 2.55. The number of nitrogens with one attached hydrogen (secondary N) is 1. The highest BCUT2D eigenvalue weighted by atomic mass is 19.4. The Labute approximate surface area is 103 Å². The highest BCUT2D eigenvalue weighted by molar-refractivity contribution is 5.77. The fourth-order valence-corrected chi connectivity index (χ4v) is 1.56. The molecule has 2 heterocycles. The molecule has 0 radical (unpaired) electrons. The van der Waals surface area contributed by atoms with Gasteiger partial charge in [0.2, 0.25) is 0 Å². The van der Waals surface area contributed by atoms with Gasteiger partial charge >= 0.3 is 12.1 Å². The molecule has 0 aliphatic rings. The van der Waals surface area contributed by atoms with E-state index in [1.54, 1.807) is 0 Å². The Hall–Kier alpha value is -1.99. The van der Waals surface area contributed by atoms with Crippen molar-refractivity contribution in [1.82, 2.24) is 9.97 Å². The summed E-state index contributed by atoms with van der Waals surface area (Å²) in [5.74, 6) is -4.94. The number of hydrogen-bond donors (Lipinski definition) is 1. The molecule has 0 amide bonds. The Bertz CT molecular complexity index is 662. The first-order valence-electron chi connectivity index (χ1n) is 5.11. The number of nitrogens with zero attached hydrogens (tertiary/aromatic N) is 1. The summed E-state index contributed by atoms with van der Waals surface area (Å²) in [6.07, 6.45) is -4.76. The van der Waals surface area contributed by atoms with Crippen molar-refractivity contribution < 1.29 is 22.0 Å². The summed E-state index contributed by atoms with van der Waals surface area (Å²) in [4.78, 5) is 17.4. The second kappa shape index (κ2) is 4.29. The molecule has 102 valence electrons. The average Bonchev–Trinajstić information content (AvgIpc) is 2.28. The smallest absolute Gasteiger partial charge is 0.320 e. The summed E-state index contributed by atoms with van der Waals surface area (Å²) in [7, 11) is 0. The first-order chi connectivity index (χ1) is 8.71. The lowest BCUT2D eigenvalue weighted by Crippen LogP contribution is -2.39. The van der Waals surface area contributed by atoms with Crippen LogP contribution in [-0.4, -0.2) is 22.1 Å². The van der Waals surface area contributed by atoms with Gasteiger partial charge in [-0.1, -0.05) is 0 Å². The van der Waals surface area contributed by atoms with Crippen LogP contribution in [0.25, 0.3) is 10.9 Å². The lowest BCUT2D eigenvalue weighted by atomic mass is 10.1. The summed E-state index contributed by atoms with van der Waals surface area (Å²) in [6, 6.07) is 2.41. The summed E-state index contributed by atoms with van der Waals surface area (Å²) >= 11 is 0. The van der Waals surface area contributed by atoms with E-state index in [0.29, 0.717) is 5.39 Å². The number of fused-ring (bicyclic) bond motifs is 1. The quantitative estimate of drug-likeness (QED) is 0.858. The van der Waals surface area contributed by atoms with E-state index in [9.17, 15) is 26.7 Å². The van der Waals surface area contributed by atoms with Gasteiger partial charge in [0.25, 0.3) is 5.56 Å². The number of pyridine rings is 2. The van der Waals surface area contributed by atoms with Crippen molar-refractivity contribution in [2.45, 2.75) is 18.5 Å². The van der Waals surface area contributed by atoms with Gasteiger partial charge in [-0.25, -0.2) is 0 Å². The molecule has 2 aromatic rings. The molecule has 0 aliphatic carbocycles. The van der Waals surface area contributed by atoms with E-state index in [1.165, 1.54) is 18.5 Å². The second-order valence-corrected chi connectivity index (χ2v) is 3.97. The first-order valence-corrected chi connectivity index (χ1v) is 5.11. The van der Waals surface area contributed by atoms with E-state index < -0.39 is 29.6 Å². The molecule has 3 nitrogen and oxygen atoms in total. The van der Waals surface area contributed by atoms with Crippen LogP contribution in [0.2, 0.25) is 0 Å². The van der Waals surface area contributed by atoms with E-state index in [0.717, 1.165) is 6.07 Å². The van der Waals surface area contributed by atoms with Gasteiger partial charge in [0.1, 0.15) is 0 Å². The number of alkyl halides is 5. The molecule has 0 aliphatic heterocycles. The third kappa shape index (κ3) is 2.56. The standard InChI is InChI=1S/C11H7F5N2O/c12-10(13,11(14,15)16)4-7-3-6-1-2-17-5-8(6)18-9(7)19/h1-3,5H,4H2,(H,18,19). The molecule has 19 heavy (non-hydrogen) atoms. The zero-order valence-electron chi connectivity index (χ0n) is 9.26. The lowest BCUT2D eigenvalue weighted by Gasteiger charge is -2.19. The number of aromatic amines is 1. The minimum absolute atomic E-state index is 0.270. The van der Waals surface area contributed by atoms with E-state index in [-0.39, 0.29) is 5.52 Å². The number of aromatic nitrogens is 2. The highest BCUT2D eigenvalue weighted by Gasteiger charge is 2.57. The van der Waals surface area contributed by atoms with Crippen LogP contribution in [-0.2, 0) is 6.42 Å². The van der Waals surface area contributed by atoms with E-state index in [2.05, 4.69) is 9.97 Å². The minimum Gasteiger partial charge on any atom is -0.320 e. The molecule has 0 aromatic carbocycles. The number of hydrogen-bond acceptors (Lipinski definition) is 2.